The van der Waals surface area contributed by atoms with Crippen LogP contribution in [0.3, 0.4) is 0 Å². The van der Waals surface area contributed by atoms with E-state index < -0.39 is 11.6 Å². The van der Waals surface area contributed by atoms with Crippen LogP contribution in [0.25, 0.3) is 0 Å². The molecule has 0 N–H and O–H groups in total. The molecule has 1 fully saturated rings. The minimum absolute atomic E-state index is 0.0530. The van der Waals surface area contributed by atoms with Gasteiger partial charge in [-0.1, -0.05) is 74.7 Å². The van der Waals surface area contributed by atoms with E-state index in [-0.39, 0.29) is 5.41 Å². The summed E-state index contributed by atoms with van der Waals surface area (Å²) in [6, 6.07) is 17.3. The largest absolute Gasteiger partial charge is 0.476 e. The lowest BCUT2D eigenvalue weighted by Crippen LogP contribution is -2.42. The second-order valence-corrected chi connectivity index (χ2v) is 8.81. The Morgan fingerprint density at radius 1 is 1.00 bits per heavy atom. The van der Waals surface area contributed by atoms with E-state index in [4.69, 9.17) is 9.47 Å². The molecule has 0 aromatic heterocycles. The number of carbonyl (C=O) groups is 1. The molecule has 3 nitrogen and oxygen atoms in total. The van der Waals surface area contributed by atoms with E-state index >= 15 is 0 Å². The molecular weight excluding hydrogens is 372 g/mol. The number of ether oxygens (including phenoxy) is 2. The molecule has 30 heavy (non-hydrogen) atoms. The molecule has 0 heterocycles. The monoisotopic (exact) mass is 406 g/mol. The molecule has 0 spiro atoms. The van der Waals surface area contributed by atoms with Crippen LogP contribution in [0.15, 0.2) is 60.9 Å². The van der Waals surface area contributed by atoms with Crippen molar-refractivity contribution in [3.63, 3.8) is 0 Å². The third-order valence-electron chi connectivity index (χ3n) is 6.43. The molecule has 1 aliphatic rings. The Hall–Kier alpha value is -2.55. The molecule has 1 unspecified atom stereocenters. The van der Waals surface area contributed by atoms with E-state index in [1.54, 1.807) is 13.8 Å². The first kappa shape index (κ1) is 22.1. The van der Waals surface area contributed by atoms with Crippen LogP contribution in [0, 0.1) is 6.92 Å². The van der Waals surface area contributed by atoms with Crippen molar-refractivity contribution >= 4 is 5.97 Å². The summed E-state index contributed by atoms with van der Waals surface area (Å²) in [7, 11) is 0. The molecule has 1 atom stereocenters. The van der Waals surface area contributed by atoms with Crippen LogP contribution in [0.2, 0.25) is 0 Å². The number of carbonyl (C=O) groups excluding carboxylic acids is 1. The van der Waals surface area contributed by atoms with Gasteiger partial charge >= 0.3 is 5.97 Å². The van der Waals surface area contributed by atoms with Crippen molar-refractivity contribution in [2.45, 2.75) is 77.2 Å². The normalized spacial score (nSPS) is 17.6. The van der Waals surface area contributed by atoms with Crippen LogP contribution in [0.4, 0.5) is 0 Å². The first-order valence-electron chi connectivity index (χ1n) is 11.0. The minimum atomic E-state index is -1.04. The van der Waals surface area contributed by atoms with E-state index in [1.165, 1.54) is 36.0 Å². The van der Waals surface area contributed by atoms with Crippen molar-refractivity contribution in [3.8, 4) is 5.75 Å². The summed E-state index contributed by atoms with van der Waals surface area (Å²) in [6.45, 7) is 11.1. The number of hydrogen-bond acceptors (Lipinski definition) is 3. The van der Waals surface area contributed by atoms with Crippen LogP contribution in [0.5, 0.6) is 5.75 Å². The number of rotatable bonds is 7. The summed E-state index contributed by atoms with van der Waals surface area (Å²) in [5.41, 5.74) is 3.01. The molecule has 0 bridgehead atoms. The number of esters is 1. The van der Waals surface area contributed by atoms with Gasteiger partial charge < -0.3 is 9.47 Å². The summed E-state index contributed by atoms with van der Waals surface area (Å²) in [4.78, 5) is 12.5. The van der Waals surface area contributed by atoms with Crippen molar-refractivity contribution in [1.82, 2.24) is 0 Å². The molecule has 1 saturated carbocycles. The fourth-order valence-electron chi connectivity index (χ4n) is 4.40. The smallest absolute Gasteiger partial charge is 0.355 e. The standard InChI is InChI=1S/C27H34O3/c1-6-26(5,25(28)29-20(2)3)30-24-16-14-23(15-17-24)27(18-8-7-9-19-27)22-12-10-21(4)11-13-22/h10-17H,2,6-9,18-19H2,1,3-5H3. The van der Waals surface area contributed by atoms with Gasteiger partial charge in [0.1, 0.15) is 5.75 Å². The van der Waals surface area contributed by atoms with Gasteiger partial charge in [0.15, 0.2) is 0 Å². The van der Waals surface area contributed by atoms with E-state index in [9.17, 15) is 4.79 Å². The first-order valence-corrected chi connectivity index (χ1v) is 11.0. The maximum absolute atomic E-state index is 12.5. The van der Waals surface area contributed by atoms with E-state index in [2.05, 4.69) is 49.9 Å². The van der Waals surface area contributed by atoms with Gasteiger partial charge in [-0.05, 0) is 63.3 Å². The summed E-state index contributed by atoms with van der Waals surface area (Å²) < 4.78 is 11.3. The van der Waals surface area contributed by atoms with Gasteiger partial charge in [-0.15, -0.1) is 0 Å². The lowest BCUT2D eigenvalue weighted by Gasteiger charge is -2.39. The highest BCUT2D eigenvalue weighted by molar-refractivity contribution is 5.80. The molecule has 3 heteroatoms. The van der Waals surface area contributed by atoms with E-state index in [1.807, 2.05) is 19.1 Å². The van der Waals surface area contributed by atoms with Crippen LogP contribution >= 0.6 is 0 Å². The maximum atomic E-state index is 12.5. The van der Waals surface area contributed by atoms with Gasteiger partial charge in [0.05, 0.1) is 5.76 Å². The fourth-order valence-corrected chi connectivity index (χ4v) is 4.40. The highest BCUT2D eigenvalue weighted by Crippen LogP contribution is 2.45. The molecule has 2 aromatic carbocycles. The molecule has 3 rings (SSSR count). The number of allylic oxidation sites excluding steroid dienone is 1. The predicted octanol–water partition coefficient (Wildman–Crippen LogP) is 6.87. The Kier molecular flexibility index (Phi) is 6.70. The van der Waals surface area contributed by atoms with E-state index in [0.29, 0.717) is 17.9 Å². The zero-order chi connectivity index (χ0) is 21.8. The lowest BCUT2D eigenvalue weighted by atomic mass is 9.65. The van der Waals surface area contributed by atoms with Crippen LogP contribution in [-0.4, -0.2) is 11.6 Å². The number of hydrogen-bond donors (Lipinski definition) is 0. The third kappa shape index (κ3) is 4.61. The van der Waals surface area contributed by atoms with Crippen molar-refractivity contribution in [3.05, 3.63) is 77.6 Å². The van der Waals surface area contributed by atoms with Gasteiger partial charge in [-0.2, -0.15) is 0 Å². The molecule has 0 radical (unpaired) electrons. The summed E-state index contributed by atoms with van der Waals surface area (Å²) >= 11 is 0. The number of aryl methyl sites for hydroxylation is 1. The van der Waals surface area contributed by atoms with Crippen molar-refractivity contribution in [2.24, 2.45) is 0 Å². The summed E-state index contributed by atoms with van der Waals surface area (Å²) in [5.74, 6) is 0.637. The molecule has 160 valence electrons. The molecule has 0 amide bonds. The van der Waals surface area contributed by atoms with Gasteiger partial charge in [0.2, 0.25) is 5.60 Å². The zero-order valence-electron chi connectivity index (χ0n) is 18.8. The second kappa shape index (κ2) is 9.07. The first-order chi connectivity index (χ1) is 14.3. The summed E-state index contributed by atoms with van der Waals surface area (Å²) in [6.07, 6.45) is 6.62. The van der Waals surface area contributed by atoms with Crippen molar-refractivity contribution in [2.75, 3.05) is 0 Å². The van der Waals surface area contributed by atoms with Gasteiger partial charge in [0.25, 0.3) is 0 Å². The lowest BCUT2D eigenvalue weighted by molar-refractivity contribution is -0.156. The van der Waals surface area contributed by atoms with Crippen LogP contribution in [0.1, 0.15) is 76.0 Å². The van der Waals surface area contributed by atoms with Gasteiger partial charge in [-0.25, -0.2) is 4.79 Å². The minimum Gasteiger partial charge on any atom is -0.476 e. The maximum Gasteiger partial charge on any atom is 0.355 e. The highest BCUT2D eigenvalue weighted by Gasteiger charge is 2.37. The summed E-state index contributed by atoms with van der Waals surface area (Å²) in [5, 5.41) is 0. The Morgan fingerprint density at radius 2 is 1.53 bits per heavy atom. The fraction of sp³-hybridized carbons (Fsp3) is 0.444. The SMILES string of the molecule is C=C(C)OC(=O)C(C)(CC)Oc1ccc(C2(c3ccc(C)cc3)CCCCC2)cc1. The average molecular weight is 407 g/mol. The Balaban J connectivity index is 1.88. The van der Waals surface area contributed by atoms with Crippen LogP contribution < -0.4 is 4.74 Å². The molecule has 0 saturated heterocycles. The van der Waals surface area contributed by atoms with Crippen molar-refractivity contribution in [1.29, 1.82) is 0 Å². The van der Waals surface area contributed by atoms with Crippen LogP contribution in [-0.2, 0) is 14.9 Å². The molecular formula is C27H34O3. The predicted molar refractivity (Wildman–Crippen MR) is 122 cm³/mol. The quantitative estimate of drug-likeness (QED) is 0.372. The molecule has 1 aliphatic carbocycles. The van der Waals surface area contributed by atoms with Gasteiger partial charge in [-0.3, -0.25) is 0 Å². The molecule has 0 aliphatic heterocycles. The zero-order valence-corrected chi connectivity index (χ0v) is 18.8. The molecule has 2 aromatic rings. The van der Waals surface area contributed by atoms with E-state index in [0.717, 1.165) is 12.8 Å². The number of benzene rings is 2. The Bertz CT molecular complexity index is 873. The Labute approximate surface area is 181 Å². The third-order valence-corrected chi connectivity index (χ3v) is 6.43. The average Bonchev–Trinajstić information content (AvgIpc) is 2.74. The second-order valence-electron chi connectivity index (χ2n) is 8.81. The topological polar surface area (TPSA) is 35.5 Å². The Morgan fingerprint density at radius 3 is 2.03 bits per heavy atom. The van der Waals surface area contributed by atoms with Gasteiger partial charge in [0, 0.05) is 5.41 Å². The highest BCUT2D eigenvalue weighted by atomic mass is 16.6. The van der Waals surface area contributed by atoms with Crippen molar-refractivity contribution < 1.29 is 14.3 Å².